The van der Waals surface area contributed by atoms with E-state index in [1.54, 1.807) is 0 Å². The van der Waals surface area contributed by atoms with Gasteiger partial charge in [0.2, 0.25) is 0 Å². The van der Waals surface area contributed by atoms with Crippen molar-refractivity contribution >= 4 is 32.3 Å². The molecule has 25 heavy (non-hydrogen) atoms. The van der Waals surface area contributed by atoms with Crippen molar-refractivity contribution in [1.82, 2.24) is 5.32 Å². The Morgan fingerprint density at radius 2 is 1.04 bits per heavy atom. The van der Waals surface area contributed by atoms with Crippen LogP contribution >= 0.6 is 0 Å². The molecule has 0 radical (unpaired) electrons. The summed E-state index contributed by atoms with van der Waals surface area (Å²) in [5.41, 5.74) is 2.65. The average Bonchev–Trinajstić information content (AvgIpc) is 2.67. The minimum absolute atomic E-state index is 0.880. The Kier molecular flexibility index (Phi) is 3.39. The third kappa shape index (κ3) is 2.54. The van der Waals surface area contributed by atoms with Gasteiger partial charge in [0.25, 0.3) is 0 Å². The number of rotatable bonds is 4. The van der Waals surface area contributed by atoms with E-state index in [0.717, 1.165) is 13.1 Å². The van der Waals surface area contributed by atoms with Gasteiger partial charge in [-0.05, 0) is 55.6 Å². The van der Waals surface area contributed by atoms with Crippen molar-refractivity contribution in [1.29, 1.82) is 0 Å². The molecule has 0 aliphatic rings. The Labute approximate surface area is 147 Å². The third-order valence-electron chi connectivity index (χ3n) is 5.02. The van der Waals surface area contributed by atoms with Gasteiger partial charge in [-0.3, -0.25) is 0 Å². The highest BCUT2D eigenvalue weighted by molar-refractivity contribution is 6.23. The van der Waals surface area contributed by atoms with Crippen LogP contribution in [-0.2, 0) is 13.1 Å². The zero-order chi connectivity index (χ0) is 16.6. The minimum Gasteiger partial charge on any atom is -0.309 e. The van der Waals surface area contributed by atoms with Crippen molar-refractivity contribution in [3.8, 4) is 0 Å². The minimum atomic E-state index is 0.880. The zero-order valence-electron chi connectivity index (χ0n) is 14.0. The maximum atomic E-state index is 3.56. The highest BCUT2D eigenvalue weighted by Gasteiger charge is 2.08. The number of hydrogen-bond donors (Lipinski definition) is 1. The Hall–Kier alpha value is -2.90. The van der Waals surface area contributed by atoms with Crippen LogP contribution in [0, 0.1) is 0 Å². The second-order valence-electron chi connectivity index (χ2n) is 6.72. The second-order valence-corrected chi connectivity index (χ2v) is 6.72. The van der Waals surface area contributed by atoms with Gasteiger partial charge in [0.05, 0.1) is 0 Å². The van der Waals surface area contributed by atoms with Gasteiger partial charge in [-0.25, -0.2) is 0 Å². The monoisotopic (exact) mass is 321 g/mol. The largest absolute Gasteiger partial charge is 0.309 e. The van der Waals surface area contributed by atoms with Crippen LogP contribution in [0.3, 0.4) is 0 Å². The van der Waals surface area contributed by atoms with Crippen molar-refractivity contribution in [3.63, 3.8) is 0 Å². The smallest absolute Gasteiger partial charge is 0.0209 e. The van der Waals surface area contributed by atoms with Crippen LogP contribution in [0.4, 0.5) is 0 Å². The summed E-state index contributed by atoms with van der Waals surface area (Å²) < 4.78 is 0. The summed E-state index contributed by atoms with van der Waals surface area (Å²) in [5, 5.41) is 11.7. The summed E-state index contributed by atoms with van der Waals surface area (Å²) >= 11 is 0. The maximum absolute atomic E-state index is 3.56. The second kappa shape index (κ2) is 5.87. The summed E-state index contributed by atoms with van der Waals surface area (Å²) in [5.74, 6) is 0. The highest BCUT2D eigenvalue weighted by atomic mass is 14.8. The predicted octanol–water partition coefficient (Wildman–Crippen LogP) is 5.87. The van der Waals surface area contributed by atoms with Gasteiger partial charge in [-0.1, -0.05) is 72.8 Å². The molecule has 0 aromatic heterocycles. The Bertz CT molecular complexity index is 1090. The molecule has 0 bridgehead atoms. The van der Waals surface area contributed by atoms with Gasteiger partial charge < -0.3 is 5.32 Å². The first-order valence-corrected chi connectivity index (χ1v) is 8.79. The first-order valence-electron chi connectivity index (χ1n) is 8.79. The van der Waals surface area contributed by atoms with E-state index >= 15 is 0 Å². The van der Waals surface area contributed by atoms with E-state index in [4.69, 9.17) is 0 Å². The number of hydrogen-bond acceptors (Lipinski definition) is 1. The highest BCUT2D eigenvalue weighted by Crippen LogP contribution is 2.35. The van der Waals surface area contributed by atoms with E-state index in [1.807, 2.05) is 0 Å². The summed E-state index contributed by atoms with van der Waals surface area (Å²) in [7, 11) is 0. The molecule has 1 N–H and O–H groups in total. The summed E-state index contributed by atoms with van der Waals surface area (Å²) in [6.45, 7) is 1.78. The van der Waals surface area contributed by atoms with Gasteiger partial charge in [0, 0.05) is 13.1 Å². The molecule has 120 valence electrons. The molecule has 1 heteroatoms. The molecule has 0 spiro atoms. The van der Waals surface area contributed by atoms with Crippen LogP contribution in [0.15, 0.2) is 84.9 Å². The van der Waals surface area contributed by atoms with E-state index in [-0.39, 0.29) is 0 Å². The molecule has 0 fully saturated rings. The molecule has 0 atom stereocenters. The van der Waals surface area contributed by atoms with Crippen molar-refractivity contribution in [3.05, 3.63) is 96.1 Å². The first kappa shape index (κ1) is 14.4. The van der Waals surface area contributed by atoms with E-state index < -0.39 is 0 Å². The lowest BCUT2D eigenvalue weighted by Gasteiger charge is -2.13. The van der Waals surface area contributed by atoms with Crippen LogP contribution in [0.5, 0.6) is 0 Å². The molecule has 1 nitrogen and oxygen atoms in total. The van der Waals surface area contributed by atoms with E-state index in [9.17, 15) is 0 Å². The van der Waals surface area contributed by atoms with Crippen LogP contribution < -0.4 is 5.32 Å². The molecule has 5 aromatic carbocycles. The van der Waals surface area contributed by atoms with Crippen molar-refractivity contribution < 1.29 is 0 Å². The molecule has 0 saturated carbocycles. The fraction of sp³-hybridized carbons (Fsp3) is 0.0833. The van der Waals surface area contributed by atoms with Crippen LogP contribution in [0.1, 0.15) is 11.1 Å². The van der Waals surface area contributed by atoms with Crippen molar-refractivity contribution in [2.75, 3.05) is 0 Å². The summed E-state index contributed by atoms with van der Waals surface area (Å²) in [4.78, 5) is 0. The molecule has 5 aromatic rings. The van der Waals surface area contributed by atoms with Gasteiger partial charge in [0.1, 0.15) is 0 Å². The first-order chi connectivity index (χ1) is 12.4. The number of benzene rings is 5. The Morgan fingerprint density at radius 3 is 1.72 bits per heavy atom. The zero-order valence-corrected chi connectivity index (χ0v) is 14.0. The van der Waals surface area contributed by atoms with E-state index in [2.05, 4.69) is 90.2 Å². The molecule has 5 rings (SSSR count). The lowest BCUT2D eigenvalue weighted by atomic mass is 9.93. The molecule has 0 aliphatic carbocycles. The average molecular weight is 321 g/mol. The van der Waals surface area contributed by atoms with Gasteiger partial charge in [0.15, 0.2) is 0 Å². The van der Waals surface area contributed by atoms with Gasteiger partial charge in [-0.2, -0.15) is 0 Å². The fourth-order valence-corrected chi connectivity index (χ4v) is 3.87. The van der Waals surface area contributed by atoms with Crippen LogP contribution in [-0.4, -0.2) is 0 Å². The molecule has 0 saturated heterocycles. The third-order valence-corrected chi connectivity index (χ3v) is 5.02. The summed E-state index contributed by atoms with van der Waals surface area (Å²) in [6.07, 6.45) is 0. The molecule has 0 amide bonds. The van der Waals surface area contributed by atoms with Gasteiger partial charge in [-0.15, -0.1) is 0 Å². The van der Waals surface area contributed by atoms with Crippen molar-refractivity contribution in [2.45, 2.75) is 13.1 Å². The lowest BCUT2D eigenvalue weighted by Crippen LogP contribution is -2.12. The van der Waals surface area contributed by atoms with Gasteiger partial charge >= 0.3 is 0 Å². The molecule has 0 unspecified atom stereocenters. The Morgan fingerprint density at radius 1 is 0.480 bits per heavy atom. The molecular weight excluding hydrogens is 302 g/mol. The Balaban J connectivity index is 1.52. The maximum Gasteiger partial charge on any atom is 0.0209 e. The van der Waals surface area contributed by atoms with Crippen molar-refractivity contribution in [2.24, 2.45) is 0 Å². The lowest BCUT2D eigenvalue weighted by molar-refractivity contribution is 0.694. The van der Waals surface area contributed by atoms with Crippen LogP contribution in [0.25, 0.3) is 32.3 Å². The van der Waals surface area contributed by atoms with Crippen LogP contribution in [0.2, 0.25) is 0 Å². The quantitative estimate of drug-likeness (QED) is 0.408. The fourth-order valence-electron chi connectivity index (χ4n) is 3.87. The normalized spacial score (nSPS) is 11.7. The topological polar surface area (TPSA) is 12.0 Å². The molecule has 0 aliphatic heterocycles. The SMILES string of the molecule is c1ccc(CNCc2cc3ccc4cccc5ccc(c2)c3c45)cc1. The molecular formula is C24H19N. The predicted molar refractivity (Wildman–Crippen MR) is 107 cm³/mol. The standard InChI is InChI=1S/C24H19N/c1-2-5-17(6-3-1)15-25-16-18-13-21-11-9-19-7-4-8-20-10-12-22(14-18)24(21)23(19)20/h1-14,25H,15-16H2. The van der Waals surface area contributed by atoms with E-state index in [0.29, 0.717) is 0 Å². The molecule has 0 heterocycles. The van der Waals surface area contributed by atoms with E-state index in [1.165, 1.54) is 43.4 Å². The number of nitrogens with one attached hydrogen (secondary N) is 1. The summed E-state index contributed by atoms with van der Waals surface area (Å²) in [6, 6.07) is 30.7.